The number of nitrogens with zero attached hydrogens (tertiary/aromatic N) is 1. The van der Waals surface area contributed by atoms with Gasteiger partial charge in [-0.1, -0.05) is 146 Å². The Morgan fingerprint density at radius 3 is 1.71 bits per heavy atom. The average Bonchev–Trinajstić information content (AvgIpc) is 3.72. The quantitative estimate of drug-likeness (QED) is 0.183. The van der Waals surface area contributed by atoms with Crippen molar-refractivity contribution >= 4 is 49.8 Å². The molecule has 0 N–H and O–H groups in total. The van der Waals surface area contributed by atoms with Gasteiger partial charge in [0, 0.05) is 27.5 Å². The standard InChI is InChI=1S/C47H31NO/c1-3-13-32(14-4-1)33-27-29-37(30-28-33)48(42-24-9-16-34-15-7-8-21-39(34)42)38-20-10-19-36(31-38)47(35-17-5-2-6-18-35)40-22-11-25-43-45(40)46-41(47)23-12-26-44(46)49-43/h1-31H. The van der Waals surface area contributed by atoms with Crippen LogP contribution in [0.3, 0.4) is 0 Å². The zero-order chi connectivity index (χ0) is 32.4. The smallest absolute Gasteiger partial charge is 0.135 e. The van der Waals surface area contributed by atoms with E-state index in [0.29, 0.717) is 0 Å². The van der Waals surface area contributed by atoms with Gasteiger partial charge in [-0.15, -0.1) is 0 Å². The number of furan rings is 1. The van der Waals surface area contributed by atoms with Crippen molar-refractivity contribution in [3.05, 3.63) is 210 Å². The Bertz CT molecular complexity index is 2590. The van der Waals surface area contributed by atoms with Gasteiger partial charge in [-0.25, -0.2) is 0 Å². The first-order valence-electron chi connectivity index (χ1n) is 16.9. The van der Waals surface area contributed by atoms with Crippen LogP contribution < -0.4 is 4.90 Å². The van der Waals surface area contributed by atoms with Crippen molar-refractivity contribution in [2.24, 2.45) is 0 Å². The summed E-state index contributed by atoms with van der Waals surface area (Å²) in [5.74, 6) is 0. The molecule has 8 aromatic carbocycles. The van der Waals surface area contributed by atoms with E-state index in [1.807, 2.05) is 0 Å². The lowest BCUT2D eigenvalue weighted by molar-refractivity contribution is 0.663. The summed E-state index contributed by atoms with van der Waals surface area (Å²) in [6.45, 7) is 0. The fourth-order valence-electron chi connectivity index (χ4n) is 8.26. The number of anilines is 3. The van der Waals surface area contributed by atoms with E-state index in [-0.39, 0.29) is 0 Å². The Morgan fingerprint density at radius 2 is 0.980 bits per heavy atom. The Kier molecular flexibility index (Phi) is 6.13. The first-order chi connectivity index (χ1) is 24.3. The molecule has 0 bridgehead atoms. The molecular formula is C47H31NO. The van der Waals surface area contributed by atoms with Crippen LogP contribution in [0.4, 0.5) is 17.1 Å². The third-order valence-corrected chi connectivity index (χ3v) is 10.3. The summed E-state index contributed by atoms with van der Waals surface area (Å²) in [7, 11) is 0. The Morgan fingerprint density at radius 1 is 0.408 bits per heavy atom. The van der Waals surface area contributed by atoms with Crippen molar-refractivity contribution < 1.29 is 4.42 Å². The van der Waals surface area contributed by atoms with Crippen molar-refractivity contribution in [3.63, 3.8) is 0 Å². The molecular weight excluding hydrogens is 595 g/mol. The second-order valence-corrected chi connectivity index (χ2v) is 12.9. The molecule has 0 saturated carbocycles. The van der Waals surface area contributed by atoms with Gasteiger partial charge >= 0.3 is 0 Å². The topological polar surface area (TPSA) is 16.4 Å². The number of benzene rings is 8. The number of hydrogen-bond donors (Lipinski definition) is 0. The molecule has 49 heavy (non-hydrogen) atoms. The van der Waals surface area contributed by atoms with E-state index in [1.54, 1.807) is 0 Å². The van der Waals surface area contributed by atoms with Crippen LogP contribution >= 0.6 is 0 Å². The zero-order valence-electron chi connectivity index (χ0n) is 26.8. The molecule has 1 heterocycles. The molecule has 1 aliphatic rings. The highest BCUT2D eigenvalue weighted by molar-refractivity contribution is 6.14. The predicted octanol–water partition coefficient (Wildman–Crippen LogP) is 12.6. The highest BCUT2D eigenvalue weighted by atomic mass is 16.3. The van der Waals surface area contributed by atoms with Gasteiger partial charge in [0.2, 0.25) is 0 Å². The van der Waals surface area contributed by atoms with Crippen molar-refractivity contribution in [1.82, 2.24) is 0 Å². The third-order valence-electron chi connectivity index (χ3n) is 10.3. The van der Waals surface area contributed by atoms with Crippen molar-refractivity contribution in [1.29, 1.82) is 0 Å². The summed E-state index contributed by atoms with van der Waals surface area (Å²) in [5.41, 5.74) is 12.1. The van der Waals surface area contributed by atoms with E-state index in [1.165, 1.54) is 54.9 Å². The molecule has 0 fully saturated rings. The van der Waals surface area contributed by atoms with E-state index >= 15 is 0 Å². The van der Waals surface area contributed by atoms with Crippen LogP contribution in [0.5, 0.6) is 0 Å². The predicted molar refractivity (Wildman–Crippen MR) is 203 cm³/mol. The van der Waals surface area contributed by atoms with Gasteiger partial charge in [0.05, 0.1) is 11.1 Å². The number of fused-ring (bicyclic) bond motifs is 1. The molecule has 0 atom stereocenters. The highest BCUT2D eigenvalue weighted by Gasteiger charge is 2.46. The van der Waals surface area contributed by atoms with Gasteiger partial charge in [0.25, 0.3) is 0 Å². The molecule has 1 aromatic heterocycles. The van der Waals surface area contributed by atoms with Crippen LogP contribution in [-0.4, -0.2) is 0 Å². The van der Waals surface area contributed by atoms with E-state index in [4.69, 9.17) is 4.42 Å². The minimum absolute atomic E-state index is 0.515. The van der Waals surface area contributed by atoms with E-state index in [9.17, 15) is 0 Å². The van der Waals surface area contributed by atoms with Crippen molar-refractivity contribution in [2.75, 3.05) is 4.90 Å². The van der Waals surface area contributed by atoms with Crippen LogP contribution in [0.2, 0.25) is 0 Å². The number of hydrogen-bond acceptors (Lipinski definition) is 2. The van der Waals surface area contributed by atoms with E-state index in [2.05, 4.69) is 193 Å². The second kappa shape index (κ2) is 10.8. The van der Waals surface area contributed by atoms with Crippen LogP contribution in [0, 0.1) is 0 Å². The monoisotopic (exact) mass is 625 g/mol. The SMILES string of the molecule is c1ccc(-c2ccc(N(c3cccc(C4(c5ccccc5)c5cccc6oc7cccc4c7c56)c3)c3cccc4ccccc34)cc2)cc1. The summed E-state index contributed by atoms with van der Waals surface area (Å²) in [6.07, 6.45) is 0. The molecule has 0 unspecified atom stereocenters. The van der Waals surface area contributed by atoms with Crippen LogP contribution in [-0.2, 0) is 5.41 Å². The molecule has 0 amide bonds. The molecule has 0 spiro atoms. The van der Waals surface area contributed by atoms with Crippen LogP contribution in [0.1, 0.15) is 22.3 Å². The summed E-state index contributed by atoms with van der Waals surface area (Å²) < 4.78 is 6.39. The fraction of sp³-hybridized carbons (Fsp3) is 0.0213. The molecule has 9 aromatic rings. The van der Waals surface area contributed by atoms with Crippen LogP contribution in [0.25, 0.3) is 43.8 Å². The van der Waals surface area contributed by atoms with E-state index < -0.39 is 5.41 Å². The molecule has 1 aliphatic carbocycles. The molecule has 0 saturated heterocycles. The van der Waals surface area contributed by atoms with Gasteiger partial charge in [0.15, 0.2) is 0 Å². The maximum Gasteiger partial charge on any atom is 0.135 e. The second-order valence-electron chi connectivity index (χ2n) is 12.9. The molecule has 230 valence electrons. The Balaban J connectivity index is 1.23. The molecule has 10 rings (SSSR count). The largest absolute Gasteiger partial charge is 0.456 e. The van der Waals surface area contributed by atoms with E-state index in [0.717, 1.165) is 28.2 Å². The minimum atomic E-state index is -0.515. The first kappa shape index (κ1) is 27.7. The lowest BCUT2D eigenvalue weighted by Gasteiger charge is -2.35. The molecule has 0 aliphatic heterocycles. The summed E-state index contributed by atoms with van der Waals surface area (Å²) in [5, 5.41) is 4.84. The fourth-order valence-corrected chi connectivity index (χ4v) is 8.26. The zero-order valence-corrected chi connectivity index (χ0v) is 26.8. The normalized spacial score (nSPS) is 13.1. The lowest BCUT2D eigenvalue weighted by Crippen LogP contribution is -2.29. The lowest BCUT2D eigenvalue weighted by atomic mass is 9.67. The van der Waals surface area contributed by atoms with Gasteiger partial charge in [-0.2, -0.15) is 0 Å². The van der Waals surface area contributed by atoms with Crippen molar-refractivity contribution in [3.8, 4) is 11.1 Å². The van der Waals surface area contributed by atoms with Gasteiger partial charge in [0.1, 0.15) is 11.2 Å². The highest BCUT2D eigenvalue weighted by Crippen LogP contribution is 2.57. The Labute approximate surface area is 285 Å². The van der Waals surface area contributed by atoms with Gasteiger partial charge in [-0.05, 0) is 81.2 Å². The van der Waals surface area contributed by atoms with Gasteiger partial charge < -0.3 is 9.32 Å². The third kappa shape index (κ3) is 4.07. The van der Waals surface area contributed by atoms with Gasteiger partial charge in [-0.3, -0.25) is 0 Å². The summed E-state index contributed by atoms with van der Waals surface area (Å²) in [6, 6.07) is 68.0. The molecule has 2 heteroatoms. The summed E-state index contributed by atoms with van der Waals surface area (Å²) >= 11 is 0. The molecule has 2 nitrogen and oxygen atoms in total. The first-order valence-corrected chi connectivity index (χ1v) is 16.9. The number of rotatable bonds is 6. The minimum Gasteiger partial charge on any atom is -0.456 e. The summed E-state index contributed by atoms with van der Waals surface area (Å²) in [4.78, 5) is 2.41. The molecule has 0 radical (unpaired) electrons. The average molecular weight is 626 g/mol. The maximum atomic E-state index is 6.39. The maximum absolute atomic E-state index is 6.39. The Hall–Kier alpha value is -6.38. The van der Waals surface area contributed by atoms with Crippen molar-refractivity contribution in [2.45, 2.75) is 5.41 Å². The van der Waals surface area contributed by atoms with Crippen LogP contribution in [0.15, 0.2) is 192 Å².